The summed E-state index contributed by atoms with van der Waals surface area (Å²) >= 11 is 10.1. The third-order valence-electron chi connectivity index (χ3n) is 3.33. The highest BCUT2D eigenvalue weighted by molar-refractivity contribution is 9.10. The highest BCUT2D eigenvalue weighted by Gasteiger charge is 2.15. The van der Waals surface area contributed by atoms with Gasteiger partial charge in [0, 0.05) is 15.3 Å². The maximum atomic E-state index is 14.0. The maximum Gasteiger partial charge on any atom is 0.160 e. The normalized spacial score (nSPS) is 12.8. The van der Waals surface area contributed by atoms with Crippen LogP contribution in [0.5, 0.6) is 0 Å². The average molecular weight is 441 g/mol. The molecule has 0 unspecified atom stereocenters. The Hall–Kier alpha value is -1.35. The molecule has 0 radical (unpaired) electrons. The summed E-state index contributed by atoms with van der Waals surface area (Å²) in [6.45, 7) is 1.94. The van der Waals surface area contributed by atoms with E-state index in [2.05, 4.69) is 37.3 Å². The summed E-state index contributed by atoms with van der Waals surface area (Å²) in [5, 5.41) is 0. The lowest BCUT2D eigenvalue weighted by Gasteiger charge is -2.04. The largest absolute Gasteiger partial charge is 0.297 e. The van der Waals surface area contributed by atoms with E-state index in [0.717, 1.165) is 28.5 Å². The summed E-state index contributed by atoms with van der Waals surface area (Å²) < 4.78 is 22.7. The number of carbonyl (C=O) groups is 1. The molecule has 0 spiro atoms. The third kappa shape index (κ3) is 3.37. The molecular weight excluding hydrogens is 431 g/mol. The molecule has 8 heteroatoms. The first-order valence-corrected chi connectivity index (χ1v) is 9.53. The molecule has 0 bridgehead atoms. The second-order valence-electron chi connectivity index (χ2n) is 4.90. The fraction of sp³-hybridized carbons (Fsp3) is 0.0625. The molecule has 0 atom stereocenters. The molecule has 0 N–H and O–H groups in total. The van der Waals surface area contributed by atoms with Gasteiger partial charge in [0.25, 0.3) is 0 Å². The molecule has 0 saturated carbocycles. The van der Waals surface area contributed by atoms with Crippen molar-refractivity contribution in [2.45, 2.75) is 6.92 Å². The monoisotopic (exact) mass is 440 g/mol. The van der Waals surface area contributed by atoms with Gasteiger partial charge < -0.3 is 0 Å². The van der Waals surface area contributed by atoms with Crippen LogP contribution in [0.25, 0.3) is 21.5 Å². The number of hydrogen-bond acceptors (Lipinski definition) is 6. The molecule has 0 aliphatic heterocycles. The molecule has 3 rings (SSSR count). The quantitative estimate of drug-likeness (QED) is 0.314. The minimum atomic E-state index is -0.403. The summed E-state index contributed by atoms with van der Waals surface area (Å²) in [6.07, 6.45) is 4.51. The van der Waals surface area contributed by atoms with Gasteiger partial charge in [0.05, 0.1) is 21.1 Å². The Kier molecular flexibility index (Phi) is 5.29. The number of benzene rings is 1. The van der Waals surface area contributed by atoms with Crippen molar-refractivity contribution in [1.82, 2.24) is 8.75 Å². The van der Waals surface area contributed by atoms with Crippen LogP contribution in [0.3, 0.4) is 0 Å². The molecule has 3 aromatic rings. The van der Waals surface area contributed by atoms with E-state index in [1.54, 1.807) is 12.1 Å². The zero-order chi connectivity index (χ0) is 17.3. The van der Waals surface area contributed by atoms with E-state index < -0.39 is 5.82 Å². The van der Waals surface area contributed by atoms with Crippen LogP contribution in [0.2, 0.25) is 0 Å². The third-order valence-corrected chi connectivity index (χ3v) is 6.15. The Morgan fingerprint density at radius 1 is 1.29 bits per heavy atom. The molecule has 3 nitrogen and oxygen atoms in total. The van der Waals surface area contributed by atoms with Crippen LogP contribution in [0.4, 0.5) is 4.39 Å². The molecule has 2 aromatic heterocycles. The van der Waals surface area contributed by atoms with Crippen molar-refractivity contribution in [3.05, 3.63) is 56.0 Å². The first-order chi connectivity index (χ1) is 11.5. The van der Waals surface area contributed by atoms with Crippen LogP contribution < -0.4 is 0 Å². The minimum absolute atomic E-state index is 0.308. The molecule has 122 valence electrons. The summed E-state index contributed by atoms with van der Waals surface area (Å²) in [5.41, 5.74) is 2.68. The summed E-state index contributed by atoms with van der Waals surface area (Å²) in [5.74, 6) is -0.403. The first kappa shape index (κ1) is 17.5. The lowest BCUT2D eigenvalue weighted by Crippen LogP contribution is -1.87. The Balaban J connectivity index is 1.99. The number of aromatic nitrogens is 2. The maximum absolute atomic E-state index is 14.0. The first-order valence-electron chi connectivity index (χ1n) is 6.75. The number of carbonyl (C=O) groups excluding carboxylic acids is 1. The number of thiol groups is 1. The van der Waals surface area contributed by atoms with Crippen molar-refractivity contribution in [3.63, 3.8) is 0 Å². The standard InChI is InChI=1S/C16H10BrFN2OS3/c1-8(13-5-3-9(7-21)23-13)2-4-12(22)10-6-11(18)14(17)16-15(10)19-24-20-16/h2-7,22H,1H3/b8-2+,12-4-. The van der Waals surface area contributed by atoms with Gasteiger partial charge in [-0.15, -0.1) is 24.0 Å². The van der Waals surface area contributed by atoms with Crippen LogP contribution in [0.1, 0.15) is 27.0 Å². The lowest BCUT2D eigenvalue weighted by molar-refractivity contribution is 0.112. The van der Waals surface area contributed by atoms with Gasteiger partial charge in [-0.25, -0.2) is 4.39 Å². The molecule has 0 amide bonds. The predicted molar refractivity (Wildman–Crippen MR) is 105 cm³/mol. The Bertz CT molecular complexity index is 991. The van der Waals surface area contributed by atoms with Gasteiger partial charge in [0.1, 0.15) is 16.9 Å². The van der Waals surface area contributed by atoms with Gasteiger partial charge in [-0.1, -0.05) is 6.08 Å². The summed E-state index contributed by atoms with van der Waals surface area (Å²) in [6, 6.07) is 5.07. The van der Waals surface area contributed by atoms with Gasteiger partial charge in [-0.05, 0) is 52.7 Å². The summed E-state index contributed by atoms with van der Waals surface area (Å²) in [7, 11) is 0. The SMILES string of the molecule is C/C(=C\C=C(/S)c1cc(F)c(Br)c2nsnc12)c1ccc(C=O)s1. The smallest absolute Gasteiger partial charge is 0.160 e. The molecule has 1 aromatic carbocycles. The van der Waals surface area contributed by atoms with E-state index >= 15 is 0 Å². The molecule has 0 aliphatic rings. The number of thiophene rings is 1. The molecule has 0 saturated heterocycles. The van der Waals surface area contributed by atoms with E-state index in [9.17, 15) is 9.18 Å². The van der Waals surface area contributed by atoms with Crippen molar-refractivity contribution in [3.8, 4) is 0 Å². The predicted octanol–water partition coefficient (Wildman–Crippen LogP) is 5.84. The number of rotatable bonds is 4. The van der Waals surface area contributed by atoms with Gasteiger partial charge in [-0.3, -0.25) is 4.79 Å². The fourth-order valence-corrected chi connectivity index (χ4v) is 4.20. The number of fused-ring (bicyclic) bond motifs is 1. The molecule has 2 heterocycles. The Morgan fingerprint density at radius 3 is 2.75 bits per heavy atom. The zero-order valence-corrected chi connectivity index (χ0v) is 16.4. The fourth-order valence-electron chi connectivity index (χ4n) is 2.08. The second-order valence-corrected chi connectivity index (χ2v) is 7.82. The van der Waals surface area contributed by atoms with E-state index in [1.807, 2.05) is 19.1 Å². The van der Waals surface area contributed by atoms with Crippen LogP contribution >= 0.6 is 51.6 Å². The lowest BCUT2D eigenvalue weighted by atomic mass is 10.1. The molecule has 0 fully saturated rings. The van der Waals surface area contributed by atoms with Gasteiger partial charge in [0.2, 0.25) is 0 Å². The van der Waals surface area contributed by atoms with Gasteiger partial charge >= 0.3 is 0 Å². The van der Waals surface area contributed by atoms with E-state index in [0.29, 0.717) is 30.9 Å². The average Bonchev–Trinajstić information content (AvgIpc) is 3.24. The number of halogens is 2. The molecular formula is C16H10BrFN2OS3. The van der Waals surface area contributed by atoms with Gasteiger partial charge in [0.15, 0.2) is 6.29 Å². The number of allylic oxidation sites excluding steroid dienone is 3. The van der Waals surface area contributed by atoms with Crippen LogP contribution in [0, 0.1) is 5.82 Å². The van der Waals surface area contributed by atoms with E-state index in [-0.39, 0.29) is 0 Å². The van der Waals surface area contributed by atoms with Crippen molar-refractivity contribution in [2.24, 2.45) is 0 Å². The number of nitrogens with zero attached hydrogens (tertiary/aromatic N) is 2. The number of aldehydes is 1. The Labute approximate surface area is 159 Å². The Morgan fingerprint density at radius 2 is 2.04 bits per heavy atom. The second kappa shape index (κ2) is 7.26. The molecule has 24 heavy (non-hydrogen) atoms. The highest BCUT2D eigenvalue weighted by atomic mass is 79.9. The molecule has 0 aliphatic carbocycles. The van der Waals surface area contributed by atoms with Crippen molar-refractivity contribution < 1.29 is 9.18 Å². The van der Waals surface area contributed by atoms with Crippen LogP contribution in [0.15, 0.2) is 34.8 Å². The number of hydrogen-bond donors (Lipinski definition) is 1. The van der Waals surface area contributed by atoms with Crippen LogP contribution in [-0.4, -0.2) is 15.0 Å². The van der Waals surface area contributed by atoms with Crippen molar-refractivity contribution >= 4 is 79.4 Å². The zero-order valence-electron chi connectivity index (χ0n) is 12.3. The van der Waals surface area contributed by atoms with Crippen LogP contribution in [-0.2, 0) is 0 Å². The van der Waals surface area contributed by atoms with Crippen molar-refractivity contribution in [2.75, 3.05) is 0 Å². The summed E-state index contributed by atoms with van der Waals surface area (Å²) in [4.78, 5) is 13.0. The van der Waals surface area contributed by atoms with Crippen molar-refractivity contribution in [1.29, 1.82) is 0 Å². The topological polar surface area (TPSA) is 42.9 Å². The minimum Gasteiger partial charge on any atom is -0.297 e. The highest BCUT2D eigenvalue weighted by Crippen LogP contribution is 2.33. The van der Waals surface area contributed by atoms with E-state index in [4.69, 9.17) is 0 Å². The van der Waals surface area contributed by atoms with Gasteiger partial charge in [-0.2, -0.15) is 8.75 Å². The van der Waals surface area contributed by atoms with E-state index in [1.165, 1.54) is 17.4 Å².